The van der Waals surface area contributed by atoms with Gasteiger partial charge in [0.1, 0.15) is 6.61 Å². The molecule has 0 fully saturated rings. The number of nitrogens with one attached hydrogen (secondary N) is 1. The third-order valence-electron chi connectivity index (χ3n) is 2.54. The van der Waals surface area contributed by atoms with Crippen LogP contribution in [0.1, 0.15) is 11.1 Å². The first kappa shape index (κ1) is 14.8. The third-order valence-corrected chi connectivity index (χ3v) is 2.54. The van der Waals surface area contributed by atoms with E-state index in [1.165, 1.54) is 0 Å². The minimum absolute atomic E-state index is 0. The van der Waals surface area contributed by atoms with Crippen LogP contribution in [-0.2, 0) is 13.0 Å². The summed E-state index contributed by atoms with van der Waals surface area (Å²) in [4.78, 5) is 14.3. The molecule has 0 saturated carbocycles. The van der Waals surface area contributed by atoms with Gasteiger partial charge in [-0.05, 0) is 16.3 Å². The van der Waals surface area contributed by atoms with Crippen molar-refractivity contribution in [1.82, 2.24) is 4.98 Å². The Balaban J connectivity index is 0.00000180. The fraction of sp³-hybridized carbons (Fsp3) is 0.214. The predicted molar refractivity (Wildman–Crippen MR) is 69.8 cm³/mol. The molecule has 0 radical (unpaired) electrons. The van der Waals surface area contributed by atoms with Gasteiger partial charge in [0, 0.05) is 23.6 Å². The molecule has 1 aromatic heterocycles. The van der Waals surface area contributed by atoms with Crippen LogP contribution in [0.25, 0.3) is 0 Å². The molecular weight excluding hydrogens is 244 g/mol. The molecule has 5 heteroatoms. The highest BCUT2D eigenvalue weighted by Crippen LogP contribution is 2.10. The average molecular weight is 260 g/mol. The van der Waals surface area contributed by atoms with Crippen molar-refractivity contribution in [3.05, 3.63) is 64.7 Å². The zero-order valence-corrected chi connectivity index (χ0v) is 10.5. The lowest BCUT2D eigenvalue weighted by Gasteiger charge is -2.05. The molecule has 2 N–H and O–H groups in total. The van der Waals surface area contributed by atoms with Crippen molar-refractivity contribution in [2.45, 2.75) is 13.0 Å². The summed E-state index contributed by atoms with van der Waals surface area (Å²) < 4.78 is 5.56. The number of benzene rings is 1. The quantitative estimate of drug-likeness (QED) is 0.835. The van der Waals surface area contributed by atoms with E-state index in [9.17, 15) is 4.91 Å². The molecule has 0 bridgehead atoms. The van der Waals surface area contributed by atoms with Gasteiger partial charge in [-0.15, -0.1) is 0 Å². The molecule has 0 amide bonds. The van der Waals surface area contributed by atoms with E-state index in [-0.39, 0.29) is 5.48 Å². The highest BCUT2D eigenvalue weighted by molar-refractivity contribution is 5.19. The minimum atomic E-state index is 0. The van der Waals surface area contributed by atoms with Crippen LogP contribution in [-0.4, -0.2) is 17.0 Å². The van der Waals surface area contributed by atoms with Crippen LogP contribution >= 0.6 is 0 Å². The fourth-order valence-corrected chi connectivity index (χ4v) is 1.57. The molecule has 0 atom stereocenters. The van der Waals surface area contributed by atoms with E-state index in [1.807, 2.05) is 47.6 Å². The monoisotopic (exact) mass is 260 g/mol. The van der Waals surface area contributed by atoms with Crippen LogP contribution in [0, 0.1) is 4.91 Å². The van der Waals surface area contributed by atoms with Crippen LogP contribution in [0.15, 0.2) is 48.7 Å². The van der Waals surface area contributed by atoms with Crippen LogP contribution in [0.5, 0.6) is 5.88 Å². The normalized spacial score (nSPS) is 9.47. The topological polar surface area (TPSA) is 83.2 Å². The van der Waals surface area contributed by atoms with Crippen LogP contribution in [0.3, 0.4) is 0 Å². The summed E-state index contributed by atoms with van der Waals surface area (Å²) in [5, 5.41) is 1.87. The molecule has 1 heterocycles. The predicted octanol–water partition coefficient (Wildman–Crippen LogP) is 0.873. The highest BCUT2D eigenvalue weighted by atomic mass is 16.5. The van der Waals surface area contributed by atoms with Gasteiger partial charge < -0.3 is 10.2 Å². The summed E-state index contributed by atoms with van der Waals surface area (Å²) >= 11 is 0. The Morgan fingerprint density at radius 1 is 1.05 bits per heavy atom. The maximum atomic E-state index is 10.1. The highest BCUT2D eigenvalue weighted by Gasteiger charge is 1.99. The Kier molecular flexibility index (Phi) is 6.18. The lowest BCUT2D eigenvalue weighted by atomic mass is 10.2. The van der Waals surface area contributed by atoms with Gasteiger partial charge in [-0.25, -0.2) is 4.98 Å². The van der Waals surface area contributed by atoms with Crippen molar-refractivity contribution in [2.75, 3.05) is 6.54 Å². The van der Waals surface area contributed by atoms with Crippen molar-refractivity contribution < 1.29 is 15.4 Å². The van der Waals surface area contributed by atoms with E-state index < -0.39 is 0 Å². The second-order valence-corrected chi connectivity index (χ2v) is 3.92. The maximum absolute atomic E-state index is 10.1. The van der Waals surface area contributed by atoms with E-state index in [1.54, 1.807) is 6.20 Å². The third kappa shape index (κ3) is 4.85. The van der Waals surface area contributed by atoms with Crippen molar-refractivity contribution >= 4 is 0 Å². The van der Waals surface area contributed by atoms with E-state index >= 15 is 0 Å². The molecule has 100 valence electrons. The second kappa shape index (κ2) is 7.94. The fourth-order valence-electron chi connectivity index (χ4n) is 1.57. The van der Waals surface area contributed by atoms with Gasteiger partial charge in [0.15, 0.2) is 6.54 Å². The molecule has 5 nitrogen and oxygen atoms in total. The maximum Gasteiger partial charge on any atom is 0.213 e. The SMILES string of the molecule is O=[NH+]CCc1ccc(OCc2ccccc2)nc1.[OH-]. The van der Waals surface area contributed by atoms with E-state index in [0.717, 1.165) is 11.1 Å². The number of rotatable bonds is 6. The van der Waals surface area contributed by atoms with Gasteiger partial charge in [-0.2, -0.15) is 0 Å². The zero-order chi connectivity index (χ0) is 12.6. The molecule has 0 saturated heterocycles. The Bertz CT molecular complexity index is 486. The number of aromatic nitrogens is 1. The summed E-state index contributed by atoms with van der Waals surface area (Å²) in [5.41, 5.74) is 2.13. The molecule has 0 aliphatic heterocycles. The van der Waals surface area contributed by atoms with Gasteiger partial charge >= 0.3 is 0 Å². The number of nitroso groups, excluding NO2 is 1. The Morgan fingerprint density at radius 2 is 1.84 bits per heavy atom. The summed E-state index contributed by atoms with van der Waals surface area (Å²) in [5.74, 6) is 0.595. The first-order valence-corrected chi connectivity index (χ1v) is 5.85. The summed E-state index contributed by atoms with van der Waals surface area (Å²) in [6.45, 7) is 0.918. The van der Waals surface area contributed by atoms with Crippen molar-refractivity contribution in [1.29, 1.82) is 0 Å². The van der Waals surface area contributed by atoms with Gasteiger partial charge in [-0.3, -0.25) is 0 Å². The van der Waals surface area contributed by atoms with Gasteiger partial charge in [-0.1, -0.05) is 36.4 Å². The first-order chi connectivity index (χ1) is 8.88. The lowest BCUT2D eigenvalue weighted by molar-refractivity contribution is -0.479. The molecule has 0 spiro atoms. The Morgan fingerprint density at radius 3 is 2.47 bits per heavy atom. The van der Waals surface area contributed by atoms with E-state index in [4.69, 9.17) is 4.74 Å². The minimum Gasteiger partial charge on any atom is -0.870 e. The molecule has 0 aliphatic rings. The van der Waals surface area contributed by atoms with Crippen molar-refractivity contribution in [3.63, 3.8) is 0 Å². The molecular formula is C14H16N2O3. The van der Waals surface area contributed by atoms with Crippen LogP contribution < -0.4 is 9.91 Å². The summed E-state index contributed by atoms with van der Waals surface area (Å²) in [6.07, 6.45) is 2.41. The standard InChI is InChI=1S/C14H14N2O2.H2O/c17-16-9-8-12-6-7-14(15-10-12)18-11-13-4-2-1-3-5-13;/h1-7,10H,8-9,11H2;1H2. The number of ether oxygens (including phenoxy) is 1. The van der Waals surface area contributed by atoms with Crippen LogP contribution in [0.4, 0.5) is 0 Å². The van der Waals surface area contributed by atoms with Gasteiger partial charge in [0.25, 0.3) is 0 Å². The second-order valence-electron chi connectivity index (χ2n) is 3.92. The molecule has 2 aromatic rings. The van der Waals surface area contributed by atoms with Crippen molar-refractivity contribution in [2.24, 2.45) is 0 Å². The van der Waals surface area contributed by atoms with Gasteiger partial charge in [0.05, 0.1) is 0 Å². The Labute approximate surface area is 111 Å². The molecule has 0 unspecified atom stereocenters. The first-order valence-electron chi connectivity index (χ1n) is 5.85. The summed E-state index contributed by atoms with van der Waals surface area (Å²) in [6, 6.07) is 13.7. The molecule has 19 heavy (non-hydrogen) atoms. The lowest BCUT2D eigenvalue weighted by Crippen LogP contribution is -2.64. The van der Waals surface area contributed by atoms with Gasteiger partial charge in [0.2, 0.25) is 5.88 Å². The number of hydrogen-bond donors (Lipinski definition) is 1. The summed E-state index contributed by atoms with van der Waals surface area (Å²) in [7, 11) is 0. The zero-order valence-electron chi connectivity index (χ0n) is 10.5. The van der Waals surface area contributed by atoms with E-state index in [2.05, 4.69) is 4.98 Å². The number of pyridine rings is 1. The Hall–Kier alpha value is -2.27. The largest absolute Gasteiger partial charge is 0.870 e. The van der Waals surface area contributed by atoms with Crippen LogP contribution in [0.2, 0.25) is 0 Å². The van der Waals surface area contributed by atoms with Crippen molar-refractivity contribution in [3.8, 4) is 5.88 Å². The van der Waals surface area contributed by atoms with E-state index in [0.29, 0.717) is 25.5 Å². The molecule has 1 aromatic carbocycles. The molecule has 0 aliphatic carbocycles. The number of nitrogens with zero attached hydrogens (tertiary/aromatic N) is 1. The smallest absolute Gasteiger partial charge is 0.213 e. The average Bonchev–Trinajstić information content (AvgIpc) is 2.45. The number of hydrogen-bond acceptors (Lipinski definition) is 4. The molecule has 2 rings (SSSR count).